The van der Waals surface area contributed by atoms with Crippen LogP contribution in [0.15, 0.2) is 10.5 Å². The lowest BCUT2D eigenvalue weighted by Gasteiger charge is -2.32. The van der Waals surface area contributed by atoms with Crippen LogP contribution in [0.25, 0.3) is 0 Å². The van der Waals surface area contributed by atoms with Crippen molar-refractivity contribution in [3.05, 3.63) is 15.4 Å². The molecule has 1 aliphatic heterocycles. The van der Waals surface area contributed by atoms with E-state index in [2.05, 4.69) is 21.2 Å². The largest absolute Gasteiger partial charge is 0.486 e. The van der Waals surface area contributed by atoms with Crippen LogP contribution in [-0.2, 0) is 11.3 Å². The monoisotopic (exact) mass is 335 g/mol. The van der Waals surface area contributed by atoms with Crippen molar-refractivity contribution in [3.8, 4) is 5.06 Å². The molecule has 2 rings (SSSR count). The van der Waals surface area contributed by atoms with E-state index in [1.54, 1.807) is 18.4 Å². The fraction of sp³-hybridized carbons (Fsp3) is 0.667. The van der Waals surface area contributed by atoms with E-state index in [1.165, 1.54) is 4.88 Å². The van der Waals surface area contributed by atoms with E-state index in [9.17, 15) is 5.11 Å². The van der Waals surface area contributed by atoms with E-state index in [4.69, 9.17) is 9.47 Å². The molecule has 0 atom stereocenters. The third-order valence-electron chi connectivity index (χ3n) is 3.07. The van der Waals surface area contributed by atoms with Gasteiger partial charge in [-0.2, -0.15) is 0 Å². The van der Waals surface area contributed by atoms with Crippen LogP contribution in [0.5, 0.6) is 5.06 Å². The van der Waals surface area contributed by atoms with Gasteiger partial charge in [0.05, 0.1) is 17.2 Å². The van der Waals surface area contributed by atoms with Crippen LogP contribution in [0.2, 0.25) is 0 Å². The van der Waals surface area contributed by atoms with Crippen molar-refractivity contribution >= 4 is 27.3 Å². The Morgan fingerprint density at radius 3 is 2.89 bits per heavy atom. The van der Waals surface area contributed by atoms with Crippen LogP contribution in [0.4, 0.5) is 0 Å². The van der Waals surface area contributed by atoms with E-state index in [1.807, 2.05) is 6.07 Å². The van der Waals surface area contributed by atoms with Gasteiger partial charge in [-0.1, -0.05) is 0 Å². The Morgan fingerprint density at radius 2 is 2.28 bits per heavy atom. The van der Waals surface area contributed by atoms with Crippen molar-refractivity contribution in [1.29, 1.82) is 0 Å². The Balaban J connectivity index is 1.80. The summed E-state index contributed by atoms with van der Waals surface area (Å²) in [7, 11) is 1.67. The fourth-order valence-corrected chi connectivity index (χ4v) is 3.63. The summed E-state index contributed by atoms with van der Waals surface area (Å²) < 4.78 is 11.5. The summed E-state index contributed by atoms with van der Waals surface area (Å²) in [4.78, 5) is 1.19. The highest BCUT2D eigenvalue weighted by atomic mass is 79.9. The number of hydrogen-bond donors (Lipinski definition) is 2. The molecule has 0 amide bonds. The Hall–Kier alpha value is -0.140. The smallest absolute Gasteiger partial charge is 0.188 e. The van der Waals surface area contributed by atoms with Crippen molar-refractivity contribution in [2.24, 2.45) is 0 Å². The SMILES string of the molecule is COc1sc(CNCC2(O)CCOCC2)cc1Br. The lowest BCUT2D eigenvalue weighted by molar-refractivity contribution is -0.0616. The molecule has 1 aromatic rings. The van der Waals surface area contributed by atoms with Crippen molar-refractivity contribution in [3.63, 3.8) is 0 Å². The van der Waals surface area contributed by atoms with Gasteiger partial charge in [-0.3, -0.25) is 0 Å². The third kappa shape index (κ3) is 3.68. The van der Waals surface area contributed by atoms with Crippen LogP contribution >= 0.6 is 27.3 Å². The van der Waals surface area contributed by atoms with E-state index in [0.717, 1.165) is 16.1 Å². The molecule has 2 heterocycles. The number of aliphatic hydroxyl groups is 1. The first-order valence-corrected chi connectivity index (χ1v) is 7.57. The zero-order valence-electron chi connectivity index (χ0n) is 10.4. The maximum absolute atomic E-state index is 10.3. The number of rotatable bonds is 5. The van der Waals surface area contributed by atoms with Crippen molar-refractivity contribution < 1.29 is 14.6 Å². The minimum Gasteiger partial charge on any atom is -0.486 e. The van der Waals surface area contributed by atoms with Gasteiger partial charge in [0.25, 0.3) is 0 Å². The number of thiophene rings is 1. The van der Waals surface area contributed by atoms with Gasteiger partial charge in [0.2, 0.25) is 0 Å². The summed E-state index contributed by atoms with van der Waals surface area (Å²) in [6.45, 7) is 2.65. The molecule has 0 aliphatic carbocycles. The minimum absolute atomic E-state index is 0.605. The predicted octanol–water partition coefficient (Wildman–Crippen LogP) is 2.15. The molecule has 2 N–H and O–H groups in total. The van der Waals surface area contributed by atoms with Crippen LogP contribution in [-0.4, -0.2) is 37.6 Å². The molecule has 1 aliphatic rings. The molecule has 1 saturated heterocycles. The first-order chi connectivity index (χ1) is 8.63. The summed E-state index contributed by atoms with van der Waals surface area (Å²) in [5, 5.41) is 14.5. The zero-order valence-corrected chi connectivity index (χ0v) is 12.8. The second kappa shape index (κ2) is 6.34. The van der Waals surface area contributed by atoms with Crippen molar-refractivity contribution in [2.75, 3.05) is 26.9 Å². The second-order valence-electron chi connectivity index (χ2n) is 4.49. The van der Waals surface area contributed by atoms with Crippen LogP contribution in [0, 0.1) is 0 Å². The number of methoxy groups -OCH3 is 1. The third-order valence-corrected chi connectivity index (χ3v) is 5.02. The Labute approximate surface area is 119 Å². The van der Waals surface area contributed by atoms with Gasteiger partial charge in [-0.05, 0) is 22.0 Å². The maximum atomic E-state index is 10.3. The number of ether oxygens (including phenoxy) is 2. The van der Waals surface area contributed by atoms with Crippen molar-refractivity contribution in [2.45, 2.75) is 25.0 Å². The molecule has 0 unspecified atom stereocenters. The lowest BCUT2D eigenvalue weighted by atomic mass is 9.94. The lowest BCUT2D eigenvalue weighted by Crippen LogP contribution is -2.44. The first-order valence-electron chi connectivity index (χ1n) is 5.96. The fourth-order valence-electron chi connectivity index (χ4n) is 1.97. The molecule has 18 heavy (non-hydrogen) atoms. The van der Waals surface area contributed by atoms with E-state index in [0.29, 0.717) is 32.6 Å². The highest BCUT2D eigenvalue weighted by Crippen LogP contribution is 2.34. The predicted molar refractivity (Wildman–Crippen MR) is 75.3 cm³/mol. The normalized spacial score (nSPS) is 18.8. The Bertz CT molecular complexity index is 391. The van der Waals surface area contributed by atoms with Gasteiger partial charge in [0.15, 0.2) is 5.06 Å². The van der Waals surface area contributed by atoms with Gasteiger partial charge >= 0.3 is 0 Å². The van der Waals surface area contributed by atoms with Crippen LogP contribution in [0.3, 0.4) is 0 Å². The maximum Gasteiger partial charge on any atom is 0.188 e. The molecule has 0 saturated carbocycles. The number of hydrogen-bond acceptors (Lipinski definition) is 5. The van der Waals surface area contributed by atoms with Gasteiger partial charge in [0, 0.05) is 44.0 Å². The van der Waals surface area contributed by atoms with E-state index >= 15 is 0 Å². The first kappa shape index (κ1) is 14.3. The van der Waals surface area contributed by atoms with Crippen LogP contribution < -0.4 is 10.1 Å². The Kier molecular flexibility index (Phi) is 5.03. The van der Waals surface area contributed by atoms with Crippen LogP contribution in [0.1, 0.15) is 17.7 Å². The molecule has 1 aromatic heterocycles. The molecule has 0 bridgehead atoms. The summed E-state index contributed by atoms with van der Waals surface area (Å²) in [6, 6.07) is 2.05. The quantitative estimate of drug-likeness (QED) is 0.865. The van der Waals surface area contributed by atoms with Gasteiger partial charge < -0.3 is 19.9 Å². The molecule has 0 spiro atoms. The standard InChI is InChI=1S/C12H18BrNO3S/c1-16-11-10(13)6-9(18-11)7-14-8-12(15)2-4-17-5-3-12/h6,14-15H,2-5,7-8H2,1H3. The highest BCUT2D eigenvalue weighted by molar-refractivity contribution is 9.10. The molecular weight excluding hydrogens is 318 g/mol. The summed E-state index contributed by atoms with van der Waals surface area (Å²) >= 11 is 5.06. The van der Waals surface area contributed by atoms with Gasteiger partial charge in [-0.15, -0.1) is 11.3 Å². The molecule has 1 fully saturated rings. The molecule has 0 aromatic carbocycles. The Morgan fingerprint density at radius 1 is 1.56 bits per heavy atom. The molecule has 4 nitrogen and oxygen atoms in total. The van der Waals surface area contributed by atoms with Crippen molar-refractivity contribution in [1.82, 2.24) is 5.32 Å². The van der Waals surface area contributed by atoms with E-state index in [-0.39, 0.29) is 0 Å². The molecule has 102 valence electrons. The van der Waals surface area contributed by atoms with Gasteiger partial charge in [0.1, 0.15) is 0 Å². The highest BCUT2D eigenvalue weighted by Gasteiger charge is 2.29. The molecule has 6 heteroatoms. The minimum atomic E-state index is -0.614. The average molecular weight is 336 g/mol. The van der Waals surface area contributed by atoms with Gasteiger partial charge in [-0.25, -0.2) is 0 Å². The zero-order chi connectivity index (χ0) is 13.0. The van der Waals surface area contributed by atoms with E-state index < -0.39 is 5.60 Å². The summed E-state index contributed by atoms with van der Waals surface area (Å²) in [5.74, 6) is 0. The second-order valence-corrected chi connectivity index (χ2v) is 6.45. The number of halogens is 1. The number of nitrogens with one attached hydrogen (secondary N) is 1. The summed E-state index contributed by atoms with van der Waals surface area (Å²) in [5.41, 5.74) is -0.614. The topological polar surface area (TPSA) is 50.7 Å². The average Bonchev–Trinajstić information content (AvgIpc) is 2.70. The molecular formula is C12H18BrNO3S. The summed E-state index contributed by atoms with van der Waals surface area (Å²) in [6.07, 6.45) is 1.41. The molecule has 0 radical (unpaired) electrons.